The van der Waals surface area contributed by atoms with Crippen LogP contribution < -0.4 is 10.5 Å². The van der Waals surface area contributed by atoms with Crippen LogP contribution in [0.5, 0.6) is 11.6 Å². The van der Waals surface area contributed by atoms with E-state index in [1.54, 1.807) is 42.5 Å². The van der Waals surface area contributed by atoms with Crippen LogP contribution in [0.25, 0.3) is 0 Å². The minimum absolute atomic E-state index is 0.148. The number of rotatable bonds is 4. The van der Waals surface area contributed by atoms with Gasteiger partial charge in [0.2, 0.25) is 5.88 Å². The SMILES string of the molecule is NC(=O)C1(O)CCCN(C(=O)c2cccc(Oc3ccc(Cl)cc3)n2)C1. The maximum absolute atomic E-state index is 12.7. The van der Waals surface area contributed by atoms with Gasteiger partial charge in [-0.05, 0) is 43.2 Å². The summed E-state index contributed by atoms with van der Waals surface area (Å²) in [4.78, 5) is 29.7. The molecular formula is C18H18ClN3O4. The van der Waals surface area contributed by atoms with Crippen molar-refractivity contribution in [2.24, 2.45) is 5.73 Å². The number of hydrogen-bond donors (Lipinski definition) is 2. The van der Waals surface area contributed by atoms with Gasteiger partial charge >= 0.3 is 0 Å². The Bertz CT molecular complexity index is 827. The lowest BCUT2D eigenvalue weighted by molar-refractivity contribution is -0.140. The molecule has 0 aliphatic carbocycles. The van der Waals surface area contributed by atoms with E-state index in [9.17, 15) is 14.7 Å². The van der Waals surface area contributed by atoms with Gasteiger partial charge in [0.15, 0.2) is 5.60 Å². The molecule has 0 spiro atoms. The lowest BCUT2D eigenvalue weighted by Gasteiger charge is -2.36. The highest BCUT2D eigenvalue weighted by Gasteiger charge is 2.40. The summed E-state index contributed by atoms with van der Waals surface area (Å²) in [6.07, 6.45) is 0.714. The molecule has 1 saturated heterocycles. The summed E-state index contributed by atoms with van der Waals surface area (Å²) in [5.74, 6) is -0.443. The minimum Gasteiger partial charge on any atom is -0.439 e. The van der Waals surface area contributed by atoms with E-state index in [4.69, 9.17) is 22.1 Å². The molecule has 7 nitrogen and oxygen atoms in total. The third-order valence-electron chi connectivity index (χ3n) is 4.20. The number of primary amides is 1. The summed E-state index contributed by atoms with van der Waals surface area (Å²) in [5, 5.41) is 10.8. The molecule has 2 aromatic rings. The Kier molecular flexibility index (Phi) is 5.11. The molecule has 1 fully saturated rings. The molecule has 1 atom stereocenters. The number of amides is 2. The molecule has 136 valence electrons. The van der Waals surface area contributed by atoms with Crippen LogP contribution in [-0.4, -0.2) is 45.5 Å². The lowest BCUT2D eigenvalue weighted by atomic mass is 9.92. The van der Waals surface area contributed by atoms with Gasteiger partial charge in [-0.2, -0.15) is 0 Å². The average Bonchev–Trinajstić information content (AvgIpc) is 2.63. The molecule has 0 saturated carbocycles. The Labute approximate surface area is 155 Å². The summed E-state index contributed by atoms with van der Waals surface area (Å²) < 4.78 is 5.63. The molecule has 0 radical (unpaired) electrons. The van der Waals surface area contributed by atoms with E-state index in [-0.39, 0.29) is 24.5 Å². The highest BCUT2D eigenvalue weighted by molar-refractivity contribution is 6.30. The molecule has 2 heterocycles. The van der Waals surface area contributed by atoms with E-state index < -0.39 is 17.4 Å². The van der Waals surface area contributed by atoms with Crippen molar-refractivity contribution in [3.05, 3.63) is 53.2 Å². The topological polar surface area (TPSA) is 106 Å². The van der Waals surface area contributed by atoms with Crippen molar-refractivity contribution >= 4 is 23.4 Å². The highest BCUT2D eigenvalue weighted by atomic mass is 35.5. The third-order valence-corrected chi connectivity index (χ3v) is 4.45. The second-order valence-corrected chi connectivity index (χ2v) is 6.58. The predicted octanol–water partition coefficient (Wildman–Crippen LogP) is 1.98. The number of carbonyl (C=O) groups excluding carboxylic acids is 2. The van der Waals surface area contributed by atoms with E-state index in [1.807, 2.05) is 0 Å². The first-order chi connectivity index (χ1) is 12.4. The standard InChI is InChI=1S/C18H18ClN3O4/c19-12-5-7-13(8-6-12)26-15-4-1-3-14(21-15)16(23)22-10-2-9-18(25,11-22)17(20)24/h1,3-8,25H,2,9-11H2,(H2,20,24). The molecule has 3 rings (SSSR count). The first-order valence-electron chi connectivity index (χ1n) is 8.09. The van der Waals surface area contributed by atoms with Crippen LogP contribution in [0.4, 0.5) is 0 Å². The van der Waals surface area contributed by atoms with Gasteiger partial charge in [-0.15, -0.1) is 0 Å². The third kappa shape index (κ3) is 3.95. The molecular weight excluding hydrogens is 358 g/mol. The van der Waals surface area contributed by atoms with Gasteiger partial charge in [0, 0.05) is 17.6 Å². The van der Waals surface area contributed by atoms with Crippen molar-refractivity contribution in [3.63, 3.8) is 0 Å². The summed E-state index contributed by atoms with van der Waals surface area (Å²) in [6.45, 7) is 0.267. The van der Waals surface area contributed by atoms with E-state index in [0.717, 1.165) is 0 Å². The molecule has 3 N–H and O–H groups in total. The number of β-amino-alcohol motifs (C(OH)–C–C–N with tert-alkyl or cyclic N) is 1. The smallest absolute Gasteiger partial charge is 0.272 e. The molecule has 2 amide bonds. The van der Waals surface area contributed by atoms with Crippen LogP contribution >= 0.6 is 11.6 Å². The van der Waals surface area contributed by atoms with Gasteiger partial charge in [0.05, 0.1) is 6.54 Å². The number of halogens is 1. The predicted molar refractivity (Wildman–Crippen MR) is 95.0 cm³/mol. The number of hydrogen-bond acceptors (Lipinski definition) is 5. The average molecular weight is 376 g/mol. The number of nitrogens with two attached hydrogens (primary N) is 1. The van der Waals surface area contributed by atoms with Gasteiger partial charge in [-0.25, -0.2) is 4.98 Å². The molecule has 1 unspecified atom stereocenters. The first-order valence-corrected chi connectivity index (χ1v) is 8.47. The van der Waals surface area contributed by atoms with Crippen molar-refractivity contribution in [1.29, 1.82) is 0 Å². The lowest BCUT2D eigenvalue weighted by Crippen LogP contribution is -2.57. The summed E-state index contributed by atoms with van der Waals surface area (Å²) in [6, 6.07) is 11.6. The molecule has 26 heavy (non-hydrogen) atoms. The number of nitrogens with zero attached hydrogens (tertiary/aromatic N) is 2. The zero-order chi connectivity index (χ0) is 18.7. The van der Waals surface area contributed by atoms with E-state index in [0.29, 0.717) is 23.7 Å². The van der Waals surface area contributed by atoms with Crippen molar-refractivity contribution in [3.8, 4) is 11.6 Å². The Morgan fingerprint density at radius 1 is 1.23 bits per heavy atom. The normalized spacial score (nSPS) is 19.8. The van der Waals surface area contributed by atoms with Gasteiger partial charge in [0.25, 0.3) is 11.8 Å². The zero-order valence-electron chi connectivity index (χ0n) is 13.9. The fourth-order valence-electron chi connectivity index (χ4n) is 2.79. The number of aromatic nitrogens is 1. The summed E-state index contributed by atoms with van der Waals surface area (Å²) in [7, 11) is 0. The Morgan fingerprint density at radius 2 is 1.96 bits per heavy atom. The Balaban J connectivity index is 1.75. The van der Waals surface area contributed by atoms with Crippen LogP contribution in [0, 0.1) is 0 Å². The molecule has 1 aliphatic rings. The van der Waals surface area contributed by atoms with Gasteiger partial charge in [0.1, 0.15) is 11.4 Å². The quantitative estimate of drug-likeness (QED) is 0.849. The summed E-state index contributed by atoms with van der Waals surface area (Å²) >= 11 is 5.84. The van der Waals surface area contributed by atoms with Crippen molar-refractivity contribution in [1.82, 2.24) is 9.88 Å². The van der Waals surface area contributed by atoms with E-state index in [2.05, 4.69) is 4.98 Å². The molecule has 0 bridgehead atoms. The Hall–Kier alpha value is -2.64. The van der Waals surface area contributed by atoms with Crippen LogP contribution in [0.2, 0.25) is 5.02 Å². The molecule has 8 heteroatoms. The molecule has 1 aliphatic heterocycles. The minimum atomic E-state index is -1.70. The number of carbonyl (C=O) groups is 2. The number of aliphatic hydroxyl groups is 1. The van der Waals surface area contributed by atoms with E-state index in [1.165, 1.54) is 4.90 Å². The van der Waals surface area contributed by atoms with Gasteiger partial charge < -0.3 is 20.5 Å². The van der Waals surface area contributed by atoms with Crippen molar-refractivity contribution in [2.75, 3.05) is 13.1 Å². The van der Waals surface area contributed by atoms with E-state index >= 15 is 0 Å². The van der Waals surface area contributed by atoms with Crippen molar-refractivity contribution in [2.45, 2.75) is 18.4 Å². The number of likely N-dealkylation sites (tertiary alicyclic amines) is 1. The second kappa shape index (κ2) is 7.31. The fourth-order valence-corrected chi connectivity index (χ4v) is 2.91. The van der Waals surface area contributed by atoms with Gasteiger partial charge in [-0.1, -0.05) is 17.7 Å². The van der Waals surface area contributed by atoms with Gasteiger partial charge in [-0.3, -0.25) is 9.59 Å². The monoisotopic (exact) mass is 375 g/mol. The maximum atomic E-state index is 12.7. The largest absolute Gasteiger partial charge is 0.439 e. The number of ether oxygens (including phenoxy) is 1. The van der Waals surface area contributed by atoms with Crippen LogP contribution in [0.1, 0.15) is 23.3 Å². The van der Waals surface area contributed by atoms with Crippen molar-refractivity contribution < 1.29 is 19.4 Å². The molecule has 1 aromatic carbocycles. The maximum Gasteiger partial charge on any atom is 0.272 e. The van der Waals surface area contributed by atoms with Crippen LogP contribution in [0.15, 0.2) is 42.5 Å². The van der Waals surface area contributed by atoms with Crippen LogP contribution in [-0.2, 0) is 4.79 Å². The van der Waals surface area contributed by atoms with Crippen LogP contribution in [0.3, 0.4) is 0 Å². The first kappa shape index (κ1) is 18.2. The number of piperidine rings is 1. The zero-order valence-corrected chi connectivity index (χ0v) is 14.6. The highest BCUT2D eigenvalue weighted by Crippen LogP contribution is 2.24. The fraction of sp³-hybridized carbons (Fsp3) is 0.278. The second-order valence-electron chi connectivity index (χ2n) is 6.14. The number of benzene rings is 1. The number of pyridine rings is 1. The molecule has 1 aromatic heterocycles. The Morgan fingerprint density at radius 3 is 2.65 bits per heavy atom. The summed E-state index contributed by atoms with van der Waals surface area (Å²) in [5.41, 5.74) is 3.71.